The molecule has 17 heavy (non-hydrogen) atoms. The highest BCUT2D eigenvalue weighted by Gasteiger charge is 2.20. The minimum atomic E-state index is -0.594. The second-order valence-corrected chi connectivity index (χ2v) is 4.16. The lowest BCUT2D eigenvalue weighted by Crippen LogP contribution is -2.30. The predicted octanol–water partition coefficient (Wildman–Crippen LogP) is 1.18. The Morgan fingerprint density at radius 2 is 2.35 bits per heavy atom. The molecule has 0 saturated heterocycles. The number of nitrogens with one attached hydrogen (secondary N) is 1. The van der Waals surface area contributed by atoms with E-state index < -0.39 is 6.10 Å². The molecule has 6 heteroatoms. The fourth-order valence-electron chi connectivity index (χ4n) is 1.44. The van der Waals surface area contributed by atoms with E-state index in [1.807, 2.05) is 0 Å². The van der Waals surface area contributed by atoms with Crippen LogP contribution in [0.1, 0.15) is 17.3 Å². The van der Waals surface area contributed by atoms with Crippen molar-refractivity contribution in [2.24, 2.45) is 0 Å². The minimum Gasteiger partial charge on any atom is -0.454 e. The zero-order valence-electron chi connectivity index (χ0n) is 9.20. The predicted molar refractivity (Wildman–Crippen MR) is 61.6 cm³/mol. The SMILES string of the molecule is CC(O)CNC(=O)c1cc(Cl)c2c(c1)OCO2. The van der Waals surface area contributed by atoms with Gasteiger partial charge in [-0.2, -0.15) is 0 Å². The number of rotatable bonds is 3. The van der Waals surface area contributed by atoms with Gasteiger partial charge in [-0.05, 0) is 19.1 Å². The van der Waals surface area contributed by atoms with E-state index in [2.05, 4.69) is 5.32 Å². The van der Waals surface area contributed by atoms with E-state index in [9.17, 15) is 4.79 Å². The fraction of sp³-hybridized carbons (Fsp3) is 0.364. The van der Waals surface area contributed by atoms with Crippen LogP contribution in [-0.4, -0.2) is 30.5 Å². The number of amides is 1. The van der Waals surface area contributed by atoms with Crippen molar-refractivity contribution >= 4 is 17.5 Å². The van der Waals surface area contributed by atoms with Gasteiger partial charge in [-0.25, -0.2) is 0 Å². The average Bonchev–Trinajstić information content (AvgIpc) is 2.74. The van der Waals surface area contributed by atoms with E-state index in [1.54, 1.807) is 13.0 Å². The maximum Gasteiger partial charge on any atom is 0.251 e. The number of benzene rings is 1. The third-order valence-corrected chi connectivity index (χ3v) is 2.53. The lowest BCUT2D eigenvalue weighted by Gasteiger charge is -2.08. The first-order valence-electron chi connectivity index (χ1n) is 5.13. The molecule has 0 radical (unpaired) electrons. The molecule has 1 atom stereocenters. The molecule has 5 nitrogen and oxygen atoms in total. The van der Waals surface area contributed by atoms with E-state index in [0.717, 1.165) is 0 Å². The normalized spacial score (nSPS) is 14.5. The number of fused-ring (bicyclic) bond motifs is 1. The highest BCUT2D eigenvalue weighted by atomic mass is 35.5. The number of aliphatic hydroxyl groups is 1. The first-order chi connectivity index (χ1) is 8.08. The lowest BCUT2D eigenvalue weighted by atomic mass is 10.2. The number of carbonyl (C=O) groups is 1. The van der Waals surface area contributed by atoms with Crippen molar-refractivity contribution in [3.8, 4) is 11.5 Å². The third kappa shape index (κ3) is 2.62. The highest BCUT2D eigenvalue weighted by Crippen LogP contribution is 2.39. The number of hydrogen-bond donors (Lipinski definition) is 2. The van der Waals surface area contributed by atoms with Crippen LogP contribution >= 0.6 is 11.6 Å². The summed E-state index contributed by atoms with van der Waals surface area (Å²) < 4.78 is 10.3. The molecule has 1 aromatic carbocycles. The van der Waals surface area contributed by atoms with Crippen LogP contribution in [0.25, 0.3) is 0 Å². The van der Waals surface area contributed by atoms with E-state index in [4.69, 9.17) is 26.2 Å². The van der Waals surface area contributed by atoms with E-state index >= 15 is 0 Å². The molecule has 1 amide bonds. The molecular weight excluding hydrogens is 246 g/mol. The Kier molecular flexibility index (Phi) is 3.40. The fourth-order valence-corrected chi connectivity index (χ4v) is 1.71. The molecule has 0 spiro atoms. The van der Waals surface area contributed by atoms with Gasteiger partial charge < -0.3 is 19.9 Å². The molecule has 2 rings (SSSR count). The van der Waals surface area contributed by atoms with Gasteiger partial charge >= 0.3 is 0 Å². The number of ether oxygens (including phenoxy) is 2. The summed E-state index contributed by atoms with van der Waals surface area (Å²) in [7, 11) is 0. The Bertz CT molecular complexity index is 447. The van der Waals surface area contributed by atoms with Crippen LogP contribution in [0.5, 0.6) is 11.5 Å². The monoisotopic (exact) mass is 257 g/mol. The molecule has 0 saturated carbocycles. The van der Waals surface area contributed by atoms with Gasteiger partial charge in [-0.15, -0.1) is 0 Å². The number of carbonyl (C=O) groups excluding carboxylic acids is 1. The van der Waals surface area contributed by atoms with Gasteiger partial charge in [0.15, 0.2) is 11.5 Å². The van der Waals surface area contributed by atoms with Gasteiger partial charge in [0.2, 0.25) is 6.79 Å². The summed E-state index contributed by atoms with van der Waals surface area (Å²) in [4.78, 5) is 11.7. The Hall–Kier alpha value is -1.46. The van der Waals surface area contributed by atoms with Gasteiger partial charge in [0.1, 0.15) is 0 Å². The highest BCUT2D eigenvalue weighted by molar-refractivity contribution is 6.32. The van der Waals surface area contributed by atoms with Gasteiger partial charge in [0, 0.05) is 12.1 Å². The smallest absolute Gasteiger partial charge is 0.251 e. The molecule has 0 aromatic heterocycles. The quantitative estimate of drug-likeness (QED) is 0.853. The number of halogens is 1. The molecule has 1 heterocycles. The zero-order valence-corrected chi connectivity index (χ0v) is 9.95. The molecule has 0 aliphatic carbocycles. The van der Waals surface area contributed by atoms with E-state index in [1.165, 1.54) is 6.07 Å². The summed E-state index contributed by atoms with van der Waals surface area (Å²) in [6.45, 7) is 1.88. The van der Waals surface area contributed by atoms with Crippen molar-refractivity contribution in [2.45, 2.75) is 13.0 Å². The summed E-state index contributed by atoms with van der Waals surface area (Å²) in [5.41, 5.74) is 0.375. The summed E-state index contributed by atoms with van der Waals surface area (Å²) in [5, 5.41) is 12.0. The summed E-state index contributed by atoms with van der Waals surface area (Å²) in [6.07, 6.45) is -0.594. The van der Waals surface area contributed by atoms with Gasteiger partial charge in [-0.3, -0.25) is 4.79 Å². The zero-order chi connectivity index (χ0) is 12.4. The molecular formula is C11H12ClNO4. The Morgan fingerprint density at radius 3 is 3.06 bits per heavy atom. The molecule has 0 fully saturated rings. The molecule has 1 aliphatic rings. The molecule has 1 aromatic rings. The topological polar surface area (TPSA) is 67.8 Å². The summed E-state index contributed by atoms with van der Waals surface area (Å²) in [5.74, 6) is 0.601. The molecule has 0 bridgehead atoms. The number of aliphatic hydroxyl groups excluding tert-OH is 1. The standard InChI is InChI=1S/C11H12ClNO4/c1-6(14)4-13-11(15)7-2-8(12)10-9(3-7)16-5-17-10/h2-3,6,14H,4-5H2,1H3,(H,13,15). The van der Waals surface area contributed by atoms with Gasteiger partial charge in [0.05, 0.1) is 11.1 Å². The minimum absolute atomic E-state index is 0.105. The third-order valence-electron chi connectivity index (χ3n) is 2.25. The lowest BCUT2D eigenvalue weighted by molar-refractivity contribution is 0.0923. The van der Waals surface area contributed by atoms with Crippen LogP contribution in [0.15, 0.2) is 12.1 Å². The van der Waals surface area contributed by atoms with Gasteiger partial charge in [-0.1, -0.05) is 11.6 Å². The largest absolute Gasteiger partial charge is 0.454 e. The molecule has 1 aliphatic heterocycles. The Balaban J connectivity index is 2.16. The molecule has 2 N–H and O–H groups in total. The van der Waals surface area contributed by atoms with Crippen LogP contribution in [-0.2, 0) is 0 Å². The van der Waals surface area contributed by atoms with Crippen molar-refractivity contribution < 1.29 is 19.4 Å². The summed E-state index contributed by atoms with van der Waals surface area (Å²) >= 11 is 5.95. The van der Waals surface area contributed by atoms with Crippen LogP contribution in [0.2, 0.25) is 5.02 Å². The number of hydrogen-bond acceptors (Lipinski definition) is 4. The Morgan fingerprint density at radius 1 is 1.59 bits per heavy atom. The van der Waals surface area contributed by atoms with Crippen LogP contribution in [0.3, 0.4) is 0 Å². The van der Waals surface area contributed by atoms with Crippen molar-refractivity contribution in [1.29, 1.82) is 0 Å². The average molecular weight is 258 g/mol. The second-order valence-electron chi connectivity index (χ2n) is 3.75. The van der Waals surface area contributed by atoms with Gasteiger partial charge in [0.25, 0.3) is 5.91 Å². The molecule has 1 unspecified atom stereocenters. The first kappa shape index (κ1) is 12.0. The Labute approximate surface area is 103 Å². The second kappa shape index (κ2) is 4.81. The van der Waals surface area contributed by atoms with Crippen molar-refractivity contribution in [2.75, 3.05) is 13.3 Å². The maximum atomic E-state index is 11.7. The first-order valence-corrected chi connectivity index (χ1v) is 5.51. The van der Waals surface area contributed by atoms with Crippen molar-refractivity contribution in [1.82, 2.24) is 5.32 Å². The molecule has 92 valence electrons. The van der Waals surface area contributed by atoms with Crippen LogP contribution in [0, 0.1) is 0 Å². The maximum absolute atomic E-state index is 11.7. The van der Waals surface area contributed by atoms with Crippen LogP contribution < -0.4 is 14.8 Å². The van der Waals surface area contributed by atoms with Crippen molar-refractivity contribution in [3.63, 3.8) is 0 Å². The van der Waals surface area contributed by atoms with Crippen molar-refractivity contribution in [3.05, 3.63) is 22.7 Å². The van der Waals surface area contributed by atoms with E-state index in [0.29, 0.717) is 22.1 Å². The summed E-state index contributed by atoms with van der Waals surface area (Å²) in [6, 6.07) is 3.07. The van der Waals surface area contributed by atoms with Crippen LogP contribution in [0.4, 0.5) is 0 Å². The van der Waals surface area contributed by atoms with E-state index in [-0.39, 0.29) is 19.2 Å².